The van der Waals surface area contributed by atoms with E-state index in [4.69, 9.17) is 33.2 Å². The maximum Gasteiger partial charge on any atom is 0.154 e. The summed E-state index contributed by atoms with van der Waals surface area (Å²) in [6.07, 6.45) is 4.78. The third-order valence-electron chi connectivity index (χ3n) is 4.87. The van der Waals surface area contributed by atoms with E-state index in [0.29, 0.717) is 15.7 Å². The molecule has 134 valence electrons. The average molecular weight is 387 g/mol. The van der Waals surface area contributed by atoms with Gasteiger partial charge in [-0.15, -0.1) is 0 Å². The fourth-order valence-corrected chi connectivity index (χ4v) is 4.08. The van der Waals surface area contributed by atoms with Crippen molar-refractivity contribution in [2.24, 2.45) is 9.98 Å². The molecule has 0 bridgehead atoms. The van der Waals surface area contributed by atoms with Crippen LogP contribution in [-0.4, -0.2) is 30.7 Å². The van der Waals surface area contributed by atoms with Crippen molar-refractivity contribution >= 4 is 46.6 Å². The first-order chi connectivity index (χ1) is 12.7. The molecule has 1 saturated heterocycles. The first-order valence-electron chi connectivity index (χ1n) is 8.83. The molecule has 0 amide bonds. The predicted molar refractivity (Wildman–Crippen MR) is 111 cm³/mol. The van der Waals surface area contributed by atoms with Gasteiger partial charge in [0, 0.05) is 11.2 Å². The summed E-state index contributed by atoms with van der Waals surface area (Å²) >= 11 is 12.6. The topological polar surface area (TPSA) is 48.8 Å². The minimum atomic E-state index is -0.310. The number of aliphatic imine (C=N–C) groups is 2. The largest absolute Gasteiger partial charge is 0.371 e. The molecule has 2 heterocycles. The summed E-state index contributed by atoms with van der Waals surface area (Å²) in [6, 6.07) is 13.7. The fourth-order valence-electron chi connectivity index (χ4n) is 3.54. The third kappa shape index (κ3) is 3.50. The van der Waals surface area contributed by atoms with Gasteiger partial charge in [-0.1, -0.05) is 53.5 Å². The lowest BCUT2D eigenvalue weighted by Gasteiger charge is -2.37. The van der Waals surface area contributed by atoms with E-state index < -0.39 is 0 Å². The molecule has 2 aliphatic rings. The molecule has 1 atom stereocenters. The van der Waals surface area contributed by atoms with E-state index in [-0.39, 0.29) is 5.54 Å². The van der Waals surface area contributed by atoms with Crippen LogP contribution in [0.25, 0.3) is 0 Å². The maximum atomic E-state index is 6.39. The lowest BCUT2D eigenvalue weighted by Crippen LogP contribution is -2.48. The summed E-state index contributed by atoms with van der Waals surface area (Å²) in [5, 5.41) is 8.27. The molecule has 0 saturated carbocycles. The number of benzene rings is 2. The molecule has 0 aromatic heterocycles. The van der Waals surface area contributed by atoms with E-state index in [2.05, 4.69) is 10.6 Å². The molecule has 0 radical (unpaired) electrons. The van der Waals surface area contributed by atoms with Crippen LogP contribution >= 0.6 is 23.2 Å². The Bertz CT molecular complexity index is 854. The first kappa shape index (κ1) is 17.5. The van der Waals surface area contributed by atoms with Crippen LogP contribution in [0.4, 0.5) is 11.4 Å². The zero-order valence-electron chi connectivity index (χ0n) is 14.3. The van der Waals surface area contributed by atoms with Crippen molar-refractivity contribution in [2.45, 2.75) is 24.8 Å². The number of rotatable bonds is 1. The number of nitrogens with one attached hydrogen (secondary N) is 2. The first-order valence-corrected chi connectivity index (χ1v) is 9.58. The Kier molecular flexibility index (Phi) is 4.98. The zero-order valence-corrected chi connectivity index (χ0v) is 15.8. The third-order valence-corrected chi connectivity index (χ3v) is 5.38. The number of anilines is 1. The van der Waals surface area contributed by atoms with E-state index >= 15 is 0 Å². The summed E-state index contributed by atoms with van der Waals surface area (Å²) < 4.78 is 0. The van der Waals surface area contributed by atoms with Crippen molar-refractivity contribution in [2.75, 3.05) is 18.4 Å². The molecule has 2 aromatic carbocycles. The SMILES string of the molecule is Clc1cc(Cl)c2c(c1)NC1(CCCNCC1)C(N=Cc1ccccc1)=N2. The molecule has 2 N–H and O–H groups in total. The standard InChI is InChI=1S/C20H20Cl2N4/c21-15-11-16(22)18-17(12-15)26-20(7-4-9-23-10-8-20)19(25-18)24-13-14-5-2-1-3-6-14/h1-3,5-6,11-13,23,26H,4,7-10H2. The molecule has 26 heavy (non-hydrogen) atoms. The molecule has 4 rings (SSSR count). The normalized spacial score (nSPS) is 22.6. The number of amidine groups is 1. The van der Waals surface area contributed by atoms with Crippen molar-refractivity contribution in [1.82, 2.24) is 5.32 Å². The minimum Gasteiger partial charge on any atom is -0.371 e. The van der Waals surface area contributed by atoms with Crippen molar-refractivity contribution in [3.05, 3.63) is 58.1 Å². The van der Waals surface area contributed by atoms with Gasteiger partial charge in [-0.3, -0.25) is 0 Å². The van der Waals surface area contributed by atoms with Crippen molar-refractivity contribution in [1.29, 1.82) is 0 Å². The van der Waals surface area contributed by atoms with Crippen LogP contribution in [0, 0.1) is 0 Å². The highest BCUT2D eigenvalue weighted by atomic mass is 35.5. The van der Waals surface area contributed by atoms with Crippen LogP contribution < -0.4 is 10.6 Å². The number of hydrogen-bond donors (Lipinski definition) is 2. The highest BCUT2D eigenvalue weighted by Gasteiger charge is 2.40. The number of halogens is 2. The Morgan fingerprint density at radius 3 is 2.77 bits per heavy atom. The molecule has 6 heteroatoms. The molecule has 4 nitrogen and oxygen atoms in total. The molecule has 0 aliphatic carbocycles. The van der Waals surface area contributed by atoms with Gasteiger partial charge >= 0.3 is 0 Å². The second kappa shape index (κ2) is 7.39. The Labute approximate surface area is 163 Å². The quantitative estimate of drug-likeness (QED) is 0.671. The molecule has 2 aromatic rings. The second-order valence-electron chi connectivity index (χ2n) is 6.70. The Hall–Kier alpha value is -1.88. The van der Waals surface area contributed by atoms with E-state index in [1.807, 2.05) is 42.6 Å². The maximum absolute atomic E-state index is 6.39. The molecule has 1 spiro atoms. The number of nitrogens with zero attached hydrogens (tertiary/aromatic N) is 2. The minimum absolute atomic E-state index is 0.310. The predicted octanol–water partition coefficient (Wildman–Crippen LogP) is 5.08. The summed E-state index contributed by atoms with van der Waals surface area (Å²) in [5.74, 6) is 0.779. The summed E-state index contributed by atoms with van der Waals surface area (Å²) in [5.41, 5.74) is 2.32. The van der Waals surface area contributed by atoms with Gasteiger partial charge in [0.25, 0.3) is 0 Å². The van der Waals surface area contributed by atoms with Crippen LogP contribution in [0.2, 0.25) is 10.0 Å². The zero-order chi connectivity index (χ0) is 18.0. The molecule has 1 unspecified atom stereocenters. The second-order valence-corrected chi connectivity index (χ2v) is 7.54. The highest BCUT2D eigenvalue weighted by Crippen LogP contribution is 2.43. The van der Waals surface area contributed by atoms with Crippen LogP contribution in [0.15, 0.2) is 52.4 Å². The Morgan fingerprint density at radius 2 is 1.92 bits per heavy atom. The van der Waals surface area contributed by atoms with Gasteiger partial charge in [-0.25, -0.2) is 9.98 Å². The highest BCUT2D eigenvalue weighted by molar-refractivity contribution is 6.37. The molecular weight excluding hydrogens is 367 g/mol. The lowest BCUT2D eigenvalue weighted by atomic mass is 9.87. The van der Waals surface area contributed by atoms with Crippen LogP contribution in [0.5, 0.6) is 0 Å². The van der Waals surface area contributed by atoms with Crippen LogP contribution in [-0.2, 0) is 0 Å². The van der Waals surface area contributed by atoms with Gasteiger partial charge < -0.3 is 10.6 Å². The van der Waals surface area contributed by atoms with E-state index in [1.54, 1.807) is 6.07 Å². The summed E-state index contributed by atoms with van der Waals surface area (Å²) in [4.78, 5) is 9.64. The van der Waals surface area contributed by atoms with Crippen molar-refractivity contribution in [3.8, 4) is 0 Å². The number of hydrogen-bond acceptors (Lipinski definition) is 4. The van der Waals surface area contributed by atoms with Crippen molar-refractivity contribution < 1.29 is 0 Å². The van der Waals surface area contributed by atoms with Gasteiger partial charge in [-0.05, 0) is 50.0 Å². The van der Waals surface area contributed by atoms with Gasteiger partial charge in [0.2, 0.25) is 0 Å². The van der Waals surface area contributed by atoms with Crippen molar-refractivity contribution in [3.63, 3.8) is 0 Å². The lowest BCUT2D eigenvalue weighted by molar-refractivity contribution is 0.537. The van der Waals surface area contributed by atoms with Gasteiger partial charge in [0.15, 0.2) is 5.84 Å². The summed E-state index contributed by atoms with van der Waals surface area (Å²) in [7, 11) is 0. The molecular formula is C20H20Cl2N4. The molecule has 1 fully saturated rings. The Balaban J connectivity index is 1.79. The monoisotopic (exact) mass is 386 g/mol. The summed E-state index contributed by atoms with van der Waals surface area (Å²) in [6.45, 7) is 1.92. The van der Waals surface area contributed by atoms with E-state index in [1.165, 1.54) is 0 Å². The molecule has 2 aliphatic heterocycles. The van der Waals surface area contributed by atoms with Crippen LogP contribution in [0.1, 0.15) is 24.8 Å². The average Bonchev–Trinajstić information content (AvgIpc) is 2.87. The van der Waals surface area contributed by atoms with E-state index in [9.17, 15) is 0 Å². The smallest absolute Gasteiger partial charge is 0.154 e. The van der Waals surface area contributed by atoms with Gasteiger partial charge in [0.1, 0.15) is 5.69 Å². The fraction of sp³-hybridized carbons (Fsp3) is 0.300. The van der Waals surface area contributed by atoms with Gasteiger partial charge in [-0.2, -0.15) is 0 Å². The van der Waals surface area contributed by atoms with E-state index in [0.717, 1.165) is 49.4 Å². The van der Waals surface area contributed by atoms with Crippen LogP contribution in [0.3, 0.4) is 0 Å². The van der Waals surface area contributed by atoms with Gasteiger partial charge in [0.05, 0.1) is 16.2 Å². The number of fused-ring (bicyclic) bond motifs is 1. The Morgan fingerprint density at radius 1 is 1.08 bits per heavy atom.